The maximum absolute atomic E-state index is 5.90. The maximum Gasteiger partial charge on any atom is 0.322 e. The lowest BCUT2D eigenvalue weighted by Gasteiger charge is -2.20. The number of nitrogens with zero attached hydrogens (tertiary/aromatic N) is 4. The minimum Gasteiger partial charge on any atom is -0.463 e. The van der Waals surface area contributed by atoms with Crippen molar-refractivity contribution >= 4 is 17.5 Å². The van der Waals surface area contributed by atoms with Crippen LogP contribution >= 0.6 is 11.6 Å². The second kappa shape index (κ2) is 8.08. The molecule has 102 valence electrons. The molecule has 1 rings (SSSR count). The molecule has 0 spiro atoms. The smallest absolute Gasteiger partial charge is 0.322 e. The van der Waals surface area contributed by atoms with E-state index in [1.54, 1.807) is 0 Å². The van der Waals surface area contributed by atoms with E-state index in [0.717, 1.165) is 32.4 Å². The molecule has 0 saturated heterocycles. The summed E-state index contributed by atoms with van der Waals surface area (Å²) in [4.78, 5) is 14.5. The fourth-order valence-corrected chi connectivity index (χ4v) is 1.62. The predicted octanol–water partition coefficient (Wildman–Crippen LogP) is 2.94. The molecule has 0 unspecified atom stereocenters. The van der Waals surface area contributed by atoms with Crippen molar-refractivity contribution in [3.05, 3.63) is 5.28 Å². The molecule has 6 heteroatoms. The quantitative estimate of drug-likeness (QED) is 0.728. The van der Waals surface area contributed by atoms with Crippen molar-refractivity contribution in [3.63, 3.8) is 0 Å². The van der Waals surface area contributed by atoms with Crippen LogP contribution in [0.1, 0.15) is 40.0 Å². The van der Waals surface area contributed by atoms with Gasteiger partial charge < -0.3 is 9.64 Å². The molecule has 5 nitrogen and oxygen atoms in total. The van der Waals surface area contributed by atoms with Gasteiger partial charge in [-0.1, -0.05) is 20.3 Å². The molecular formula is C12H21ClN4O. The lowest BCUT2D eigenvalue weighted by atomic mass is 10.3. The number of hydrogen-bond donors (Lipinski definition) is 0. The summed E-state index contributed by atoms with van der Waals surface area (Å²) in [6.45, 7) is 8.60. The average molecular weight is 273 g/mol. The topological polar surface area (TPSA) is 51.1 Å². The van der Waals surface area contributed by atoms with Crippen LogP contribution in [-0.4, -0.2) is 34.6 Å². The Hall–Kier alpha value is -1.10. The van der Waals surface area contributed by atoms with Gasteiger partial charge in [-0.3, -0.25) is 0 Å². The molecular weight excluding hydrogens is 252 g/mol. The maximum atomic E-state index is 5.90. The van der Waals surface area contributed by atoms with Crippen LogP contribution in [0.25, 0.3) is 0 Å². The fourth-order valence-electron chi connectivity index (χ4n) is 1.47. The van der Waals surface area contributed by atoms with Crippen LogP contribution in [0.2, 0.25) is 5.28 Å². The van der Waals surface area contributed by atoms with E-state index < -0.39 is 0 Å². The van der Waals surface area contributed by atoms with Gasteiger partial charge in [0.1, 0.15) is 0 Å². The number of ether oxygens (including phenoxy) is 1. The Bertz CT molecular complexity index is 362. The second-order valence-electron chi connectivity index (χ2n) is 3.97. The Kier molecular flexibility index (Phi) is 6.72. The van der Waals surface area contributed by atoms with Crippen molar-refractivity contribution in [3.8, 4) is 6.01 Å². The molecule has 0 aromatic carbocycles. The minimum absolute atomic E-state index is 0.182. The summed E-state index contributed by atoms with van der Waals surface area (Å²) in [5.41, 5.74) is 0. The van der Waals surface area contributed by atoms with Crippen molar-refractivity contribution in [1.29, 1.82) is 0 Å². The molecule has 0 radical (unpaired) electrons. The summed E-state index contributed by atoms with van der Waals surface area (Å²) in [5.74, 6) is 0.594. The number of unbranched alkanes of at least 4 members (excludes halogenated alkanes) is 1. The summed E-state index contributed by atoms with van der Waals surface area (Å²) in [6, 6.07) is 0.307. The zero-order chi connectivity index (χ0) is 13.4. The van der Waals surface area contributed by atoms with E-state index in [0.29, 0.717) is 18.6 Å². The molecule has 0 amide bonds. The number of hydrogen-bond acceptors (Lipinski definition) is 5. The average Bonchev–Trinajstić information content (AvgIpc) is 2.37. The van der Waals surface area contributed by atoms with Crippen LogP contribution in [0.3, 0.4) is 0 Å². The third kappa shape index (κ3) is 4.64. The monoisotopic (exact) mass is 272 g/mol. The van der Waals surface area contributed by atoms with E-state index in [2.05, 4.69) is 33.7 Å². The number of halogens is 1. The highest BCUT2D eigenvalue weighted by Crippen LogP contribution is 2.15. The molecule has 0 fully saturated rings. The lowest BCUT2D eigenvalue weighted by molar-refractivity contribution is 0.291. The van der Waals surface area contributed by atoms with Crippen LogP contribution in [-0.2, 0) is 0 Å². The number of rotatable bonds is 8. The van der Waals surface area contributed by atoms with E-state index >= 15 is 0 Å². The Morgan fingerprint density at radius 2 is 1.89 bits per heavy atom. The molecule has 0 N–H and O–H groups in total. The van der Waals surface area contributed by atoms with Crippen molar-refractivity contribution in [2.24, 2.45) is 0 Å². The van der Waals surface area contributed by atoms with Gasteiger partial charge in [-0.25, -0.2) is 0 Å². The van der Waals surface area contributed by atoms with Gasteiger partial charge in [-0.05, 0) is 31.4 Å². The Balaban J connectivity index is 2.81. The van der Waals surface area contributed by atoms with Crippen molar-refractivity contribution < 1.29 is 4.74 Å². The first kappa shape index (κ1) is 15.0. The molecule has 0 aliphatic rings. The van der Waals surface area contributed by atoms with Crippen LogP contribution in [0.15, 0.2) is 0 Å². The first-order valence-corrected chi connectivity index (χ1v) is 6.88. The third-order valence-corrected chi connectivity index (χ3v) is 2.63. The molecule has 1 aromatic heterocycles. The Morgan fingerprint density at radius 1 is 1.11 bits per heavy atom. The van der Waals surface area contributed by atoms with Gasteiger partial charge in [-0.2, -0.15) is 15.0 Å². The third-order valence-electron chi connectivity index (χ3n) is 2.46. The van der Waals surface area contributed by atoms with E-state index in [-0.39, 0.29) is 5.28 Å². The summed E-state index contributed by atoms with van der Waals surface area (Å²) >= 11 is 5.90. The molecule has 0 bridgehead atoms. The zero-order valence-corrected chi connectivity index (χ0v) is 12.1. The van der Waals surface area contributed by atoms with Crippen LogP contribution in [0, 0.1) is 0 Å². The van der Waals surface area contributed by atoms with Crippen LogP contribution in [0.5, 0.6) is 6.01 Å². The van der Waals surface area contributed by atoms with Crippen LogP contribution in [0.4, 0.5) is 5.95 Å². The highest BCUT2D eigenvalue weighted by molar-refractivity contribution is 6.28. The van der Waals surface area contributed by atoms with Gasteiger partial charge in [0.2, 0.25) is 11.2 Å². The van der Waals surface area contributed by atoms with E-state index in [1.807, 2.05) is 6.92 Å². The second-order valence-corrected chi connectivity index (χ2v) is 4.31. The van der Waals surface area contributed by atoms with E-state index in [4.69, 9.17) is 16.3 Å². The van der Waals surface area contributed by atoms with Crippen molar-refractivity contribution in [1.82, 2.24) is 15.0 Å². The molecule has 1 aromatic rings. The molecule has 0 atom stereocenters. The molecule has 0 aliphatic heterocycles. The summed E-state index contributed by atoms with van der Waals surface area (Å²) in [7, 11) is 0. The SMILES string of the molecule is CCCCN(CC)c1nc(Cl)nc(OCCC)n1. The number of anilines is 1. The minimum atomic E-state index is 0.182. The molecule has 18 heavy (non-hydrogen) atoms. The van der Waals surface area contributed by atoms with Crippen molar-refractivity contribution in [2.45, 2.75) is 40.0 Å². The van der Waals surface area contributed by atoms with Gasteiger partial charge in [-0.15, -0.1) is 0 Å². The zero-order valence-electron chi connectivity index (χ0n) is 11.3. The number of aromatic nitrogens is 3. The predicted molar refractivity (Wildman–Crippen MR) is 73.4 cm³/mol. The normalized spacial score (nSPS) is 10.4. The van der Waals surface area contributed by atoms with Gasteiger partial charge in [0.25, 0.3) is 0 Å². The first-order chi connectivity index (χ1) is 8.71. The summed E-state index contributed by atoms with van der Waals surface area (Å²) in [5, 5.41) is 0.182. The van der Waals surface area contributed by atoms with Gasteiger partial charge in [0.05, 0.1) is 6.61 Å². The summed E-state index contributed by atoms with van der Waals surface area (Å²) in [6.07, 6.45) is 3.14. The highest BCUT2D eigenvalue weighted by Gasteiger charge is 2.11. The Morgan fingerprint density at radius 3 is 2.50 bits per heavy atom. The highest BCUT2D eigenvalue weighted by atomic mass is 35.5. The fraction of sp³-hybridized carbons (Fsp3) is 0.750. The van der Waals surface area contributed by atoms with Gasteiger partial charge >= 0.3 is 6.01 Å². The van der Waals surface area contributed by atoms with Gasteiger partial charge in [0.15, 0.2) is 0 Å². The largest absolute Gasteiger partial charge is 0.463 e. The Labute approximate surface area is 114 Å². The van der Waals surface area contributed by atoms with Gasteiger partial charge in [0, 0.05) is 13.1 Å². The van der Waals surface area contributed by atoms with Crippen LogP contribution < -0.4 is 9.64 Å². The molecule has 0 aliphatic carbocycles. The lowest BCUT2D eigenvalue weighted by Crippen LogP contribution is -2.26. The molecule has 1 heterocycles. The molecule has 0 saturated carbocycles. The van der Waals surface area contributed by atoms with Crippen molar-refractivity contribution in [2.75, 3.05) is 24.6 Å². The first-order valence-electron chi connectivity index (χ1n) is 6.50. The summed E-state index contributed by atoms with van der Waals surface area (Å²) < 4.78 is 5.40. The van der Waals surface area contributed by atoms with E-state index in [1.165, 1.54) is 0 Å². The van der Waals surface area contributed by atoms with E-state index in [9.17, 15) is 0 Å². The standard InChI is InChI=1S/C12H21ClN4O/c1-4-7-8-17(6-3)11-14-10(13)15-12(16-11)18-9-5-2/h4-9H2,1-3H3.